The first kappa shape index (κ1) is 20.3. The molecule has 0 aromatic heterocycles. The van der Waals surface area contributed by atoms with Gasteiger partial charge in [-0.3, -0.25) is 4.79 Å². The van der Waals surface area contributed by atoms with Gasteiger partial charge in [-0.05, 0) is 31.2 Å². The van der Waals surface area contributed by atoms with Crippen LogP contribution in [0.2, 0.25) is 0 Å². The Labute approximate surface area is 166 Å². The molecule has 0 spiro atoms. The number of carbonyl (C=O) groups excluding carboxylic acids is 2. The van der Waals surface area contributed by atoms with E-state index in [0.29, 0.717) is 39.3 Å². The summed E-state index contributed by atoms with van der Waals surface area (Å²) in [7, 11) is 1.67. The lowest BCUT2D eigenvalue weighted by Crippen LogP contribution is -3.16. The highest BCUT2D eigenvalue weighted by molar-refractivity contribution is 5.77. The Morgan fingerprint density at radius 1 is 0.964 bits per heavy atom. The van der Waals surface area contributed by atoms with Gasteiger partial charge in [-0.25, -0.2) is 4.79 Å². The van der Waals surface area contributed by atoms with Crippen molar-refractivity contribution in [3.63, 3.8) is 0 Å². The molecule has 1 N–H and O–H groups in total. The molecule has 0 aliphatic carbocycles. The molecule has 2 aliphatic rings. The van der Waals surface area contributed by atoms with Gasteiger partial charge in [0, 0.05) is 31.9 Å². The Bertz CT molecular complexity index is 651. The molecule has 0 radical (unpaired) electrons. The van der Waals surface area contributed by atoms with Crippen LogP contribution in [0.5, 0.6) is 5.75 Å². The quantitative estimate of drug-likeness (QED) is 0.747. The minimum absolute atomic E-state index is 0.177. The molecular formula is C20H31N4O4+. The minimum Gasteiger partial charge on any atom is -0.497 e. The highest BCUT2D eigenvalue weighted by atomic mass is 16.6. The molecule has 2 heterocycles. The maximum atomic E-state index is 12.6. The van der Waals surface area contributed by atoms with Crippen molar-refractivity contribution >= 4 is 17.7 Å². The summed E-state index contributed by atoms with van der Waals surface area (Å²) in [5.74, 6) is 1.04. The van der Waals surface area contributed by atoms with Crippen molar-refractivity contribution in [2.24, 2.45) is 0 Å². The summed E-state index contributed by atoms with van der Waals surface area (Å²) in [6.07, 6.45) is -0.283. The number of ether oxygens (including phenoxy) is 2. The van der Waals surface area contributed by atoms with E-state index >= 15 is 0 Å². The maximum Gasteiger partial charge on any atom is 0.409 e. The van der Waals surface area contributed by atoms with Crippen molar-refractivity contribution in [3.8, 4) is 5.75 Å². The van der Waals surface area contributed by atoms with Crippen molar-refractivity contribution in [1.82, 2.24) is 9.80 Å². The summed E-state index contributed by atoms with van der Waals surface area (Å²) in [6, 6.07) is 8.12. The average Bonchev–Trinajstić information content (AvgIpc) is 2.74. The van der Waals surface area contributed by atoms with Crippen molar-refractivity contribution in [1.29, 1.82) is 0 Å². The van der Waals surface area contributed by atoms with Gasteiger partial charge in [0.15, 0.2) is 6.54 Å². The van der Waals surface area contributed by atoms with E-state index in [-0.39, 0.29) is 12.0 Å². The number of carbonyl (C=O) groups is 2. The Morgan fingerprint density at radius 2 is 1.57 bits per heavy atom. The van der Waals surface area contributed by atoms with Crippen molar-refractivity contribution in [3.05, 3.63) is 24.3 Å². The molecule has 0 saturated carbocycles. The van der Waals surface area contributed by atoms with Crippen LogP contribution in [-0.2, 0) is 9.53 Å². The third-order valence-corrected chi connectivity index (χ3v) is 5.47. The average molecular weight is 391 g/mol. The summed E-state index contributed by atoms with van der Waals surface area (Å²) in [6.45, 7) is 8.73. The van der Waals surface area contributed by atoms with E-state index in [1.807, 2.05) is 17.0 Å². The molecule has 2 amide bonds. The zero-order chi connectivity index (χ0) is 19.9. The van der Waals surface area contributed by atoms with Gasteiger partial charge in [-0.1, -0.05) is 0 Å². The predicted molar refractivity (Wildman–Crippen MR) is 106 cm³/mol. The molecule has 2 fully saturated rings. The van der Waals surface area contributed by atoms with Crippen LogP contribution in [0.25, 0.3) is 0 Å². The smallest absolute Gasteiger partial charge is 0.409 e. The van der Waals surface area contributed by atoms with Gasteiger partial charge in [0.05, 0.1) is 39.9 Å². The minimum atomic E-state index is -0.283. The molecule has 0 unspecified atom stereocenters. The molecule has 154 valence electrons. The third kappa shape index (κ3) is 5.07. The normalized spacial score (nSPS) is 18.1. The van der Waals surface area contributed by atoms with Crippen LogP contribution in [0.3, 0.4) is 0 Å². The zero-order valence-corrected chi connectivity index (χ0v) is 16.9. The third-order valence-electron chi connectivity index (χ3n) is 5.47. The topological polar surface area (TPSA) is 66.8 Å². The van der Waals surface area contributed by atoms with Gasteiger partial charge >= 0.3 is 6.09 Å². The number of rotatable bonds is 5. The van der Waals surface area contributed by atoms with Crippen molar-refractivity contribution in [2.45, 2.75) is 6.92 Å². The van der Waals surface area contributed by atoms with Crippen molar-refractivity contribution < 1.29 is 24.0 Å². The lowest BCUT2D eigenvalue weighted by atomic mass is 10.2. The number of hydrogen-bond donors (Lipinski definition) is 1. The van der Waals surface area contributed by atoms with Crippen LogP contribution in [0.15, 0.2) is 24.3 Å². The second kappa shape index (κ2) is 9.64. The van der Waals surface area contributed by atoms with Gasteiger partial charge < -0.3 is 29.1 Å². The Hall–Kier alpha value is -2.48. The van der Waals surface area contributed by atoms with E-state index in [2.05, 4.69) is 17.0 Å². The Morgan fingerprint density at radius 3 is 2.14 bits per heavy atom. The van der Waals surface area contributed by atoms with E-state index in [9.17, 15) is 9.59 Å². The summed E-state index contributed by atoms with van der Waals surface area (Å²) in [4.78, 5) is 31.6. The largest absolute Gasteiger partial charge is 0.497 e. The van der Waals surface area contributed by atoms with Gasteiger partial charge in [0.1, 0.15) is 5.75 Å². The maximum absolute atomic E-state index is 12.6. The Balaban J connectivity index is 1.41. The number of benzene rings is 1. The summed E-state index contributed by atoms with van der Waals surface area (Å²) >= 11 is 0. The second-order valence-electron chi connectivity index (χ2n) is 7.18. The van der Waals surface area contributed by atoms with Crippen molar-refractivity contribution in [2.75, 3.05) is 77.5 Å². The SMILES string of the molecule is CCOC(=O)N1CCN(C(=O)C[NH+]2CCN(c3ccc(OC)cc3)CC2)CC1. The predicted octanol–water partition coefficient (Wildman–Crippen LogP) is -0.299. The molecule has 1 aromatic rings. The van der Waals surface area contributed by atoms with Crippen LogP contribution in [-0.4, -0.2) is 94.4 Å². The van der Waals surface area contributed by atoms with E-state index in [0.717, 1.165) is 31.9 Å². The Kier molecular flexibility index (Phi) is 6.97. The van der Waals surface area contributed by atoms with Crippen LogP contribution in [0.1, 0.15) is 6.92 Å². The molecule has 3 rings (SSSR count). The summed E-state index contributed by atoms with van der Waals surface area (Å²) in [5, 5.41) is 0. The van der Waals surface area contributed by atoms with Gasteiger partial charge in [-0.15, -0.1) is 0 Å². The number of piperazine rings is 2. The van der Waals surface area contributed by atoms with E-state index in [1.54, 1.807) is 18.9 Å². The highest BCUT2D eigenvalue weighted by Crippen LogP contribution is 2.18. The molecule has 28 heavy (non-hydrogen) atoms. The summed E-state index contributed by atoms with van der Waals surface area (Å²) in [5.41, 5.74) is 1.20. The van der Waals surface area contributed by atoms with Crippen LogP contribution >= 0.6 is 0 Å². The molecule has 2 aliphatic heterocycles. The number of quaternary nitrogens is 1. The highest BCUT2D eigenvalue weighted by Gasteiger charge is 2.28. The van der Waals surface area contributed by atoms with Gasteiger partial charge in [-0.2, -0.15) is 0 Å². The number of amides is 2. The second-order valence-corrected chi connectivity index (χ2v) is 7.18. The molecule has 1 aromatic carbocycles. The van der Waals surface area contributed by atoms with E-state index < -0.39 is 0 Å². The lowest BCUT2D eigenvalue weighted by Gasteiger charge is -2.36. The first-order valence-corrected chi connectivity index (χ1v) is 10.0. The molecule has 8 heteroatoms. The fourth-order valence-corrected chi connectivity index (χ4v) is 3.73. The van der Waals surface area contributed by atoms with E-state index in [4.69, 9.17) is 9.47 Å². The monoisotopic (exact) mass is 391 g/mol. The van der Waals surface area contributed by atoms with Crippen LogP contribution in [0, 0.1) is 0 Å². The first-order valence-electron chi connectivity index (χ1n) is 10.0. The molecule has 8 nitrogen and oxygen atoms in total. The number of anilines is 1. The van der Waals surface area contributed by atoms with Crippen LogP contribution < -0.4 is 14.5 Å². The number of methoxy groups -OCH3 is 1. The molecule has 0 bridgehead atoms. The standard InChI is InChI=1S/C20H30N4O4/c1-3-28-20(26)24-14-12-23(13-15-24)19(25)16-21-8-10-22(11-9-21)17-4-6-18(27-2)7-5-17/h4-7H,3,8-16H2,1-2H3/p+1. The molecule has 2 saturated heterocycles. The number of nitrogens with one attached hydrogen (secondary N) is 1. The van der Waals surface area contributed by atoms with E-state index in [1.165, 1.54) is 10.6 Å². The van der Waals surface area contributed by atoms with Gasteiger partial charge in [0.25, 0.3) is 5.91 Å². The molecule has 0 atom stereocenters. The fraction of sp³-hybridized carbons (Fsp3) is 0.600. The van der Waals surface area contributed by atoms with Crippen LogP contribution in [0.4, 0.5) is 10.5 Å². The number of hydrogen-bond acceptors (Lipinski definition) is 5. The van der Waals surface area contributed by atoms with Gasteiger partial charge in [0.2, 0.25) is 0 Å². The zero-order valence-electron chi connectivity index (χ0n) is 16.9. The first-order chi connectivity index (χ1) is 13.6. The summed E-state index contributed by atoms with van der Waals surface area (Å²) < 4.78 is 10.2. The molecular weight excluding hydrogens is 360 g/mol. The fourth-order valence-electron chi connectivity index (χ4n) is 3.73. The lowest BCUT2D eigenvalue weighted by molar-refractivity contribution is -0.892. The number of nitrogens with zero attached hydrogens (tertiary/aromatic N) is 3.